The van der Waals surface area contributed by atoms with Crippen LogP contribution >= 0.6 is 11.3 Å². The molecule has 0 saturated carbocycles. The quantitative estimate of drug-likeness (QED) is 0.799. The molecule has 0 unspecified atom stereocenters. The summed E-state index contributed by atoms with van der Waals surface area (Å²) in [5.74, 6) is 0.123. The van der Waals surface area contributed by atoms with Crippen LogP contribution in [-0.4, -0.2) is 36.9 Å². The van der Waals surface area contributed by atoms with Gasteiger partial charge in [-0.25, -0.2) is 13.4 Å². The van der Waals surface area contributed by atoms with Crippen LogP contribution < -0.4 is 4.90 Å². The van der Waals surface area contributed by atoms with Gasteiger partial charge in [-0.3, -0.25) is 9.69 Å². The maximum Gasteiger partial charge on any atom is 0.229 e. The Morgan fingerprint density at radius 2 is 2.05 bits per heavy atom. The van der Waals surface area contributed by atoms with Gasteiger partial charge in [-0.1, -0.05) is 23.5 Å². The first-order valence-corrected chi connectivity index (χ1v) is 9.05. The van der Waals surface area contributed by atoms with Crippen molar-refractivity contribution in [2.24, 2.45) is 5.92 Å². The maximum absolute atomic E-state index is 12.2. The van der Waals surface area contributed by atoms with Crippen molar-refractivity contribution in [2.75, 3.05) is 16.4 Å². The van der Waals surface area contributed by atoms with Crippen molar-refractivity contribution in [3.63, 3.8) is 0 Å². The van der Waals surface area contributed by atoms with Crippen molar-refractivity contribution >= 4 is 42.4 Å². The van der Waals surface area contributed by atoms with Gasteiger partial charge in [-0.15, -0.1) is 0 Å². The molecule has 2 aliphatic rings. The lowest BCUT2D eigenvalue weighted by Gasteiger charge is -2.19. The summed E-state index contributed by atoms with van der Waals surface area (Å²) in [7, 11) is -3.02. The third-order valence-corrected chi connectivity index (χ3v) is 6.78. The summed E-state index contributed by atoms with van der Waals surface area (Å²) in [4.78, 5) is 18.3. The first-order valence-electron chi connectivity index (χ1n) is 6.41. The molecule has 2 atom stereocenters. The molecule has 104 valence electrons. The first kappa shape index (κ1) is 12.3. The molecule has 0 aliphatic carbocycles. The third-order valence-electron chi connectivity index (χ3n) is 3.96. The molecule has 3 heterocycles. The van der Waals surface area contributed by atoms with Gasteiger partial charge in [0.2, 0.25) is 5.91 Å². The number of nitrogens with zero attached hydrogens (tertiary/aromatic N) is 2. The second kappa shape index (κ2) is 4.02. The highest BCUT2D eigenvalue weighted by Crippen LogP contribution is 2.39. The lowest BCUT2D eigenvalue weighted by atomic mass is 10.1. The molecule has 0 spiro atoms. The van der Waals surface area contributed by atoms with Gasteiger partial charge in [0.05, 0.1) is 27.8 Å². The molecule has 7 heteroatoms. The normalized spacial score (nSPS) is 28.2. The number of carbonyl (C=O) groups excluding carboxylic acids is 1. The minimum atomic E-state index is -3.02. The van der Waals surface area contributed by atoms with Crippen LogP contribution in [0.15, 0.2) is 24.3 Å². The summed E-state index contributed by atoms with van der Waals surface area (Å²) in [5, 5.41) is 0.626. The van der Waals surface area contributed by atoms with Crippen LogP contribution in [0.25, 0.3) is 10.2 Å². The van der Waals surface area contributed by atoms with E-state index in [0.29, 0.717) is 11.6 Å². The van der Waals surface area contributed by atoms with Gasteiger partial charge in [-0.2, -0.15) is 0 Å². The number of thiazole rings is 1. The number of sulfone groups is 1. The monoisotopic (exact) mass is 308 g/mol. The number of anilines is 1. The first-order chi connectivity index (χ1) is 9.53. The highest BCUT2D eigenvalue weighted by Gasteiger charge is 2.50. The minimum absolute atomic E-state index is 0.00560. The van der Waals surface area contributed by atoms with Crippen LogP contribution in [0.5, 0.6) is 0 Å². The molecule has 20 heavy (non-hydrogen) atoms. The van der Waals surface area contributed by atoms with Gasteiger partial charge in [0.15, 0.2) is 15.0 Å². The SMILES string of the molecule is O=C1C[C@@H]2CS(=O)(=O)C[C@@H]2N1c1nc2ccccc2s1. The zero-order chi connectivity index (χ0) is 13.9. The molecule has 5 nitrogen and oxygen atoms in total. The largest absolute Gasteiger partial charge is 0.284 e. The Labute approximate surface area is 120 Å². The second-order valence-electron chi connectivity index (χ2n) is 5.34. The van der Waals surface area contributed by atoms with Crippen LogP contribution in [0.4, 0.5) is 5.13 Å². The van der Waals surface area contributed by atoms with E-state index in [-0.39, 0.29) is 29.4 Å². The molecule has 4 rings (SSSR count). The smallest absolute Gasteiger partial charge is 0.229 e. The summed E-state index contributed by atoms with van der Waals surface area (Å²) in [6, 6.07) is 7.46. The Morgan fingerprint density at radius 1 is 1.25 bits per heavy atom. The summed E-state index contributed by atoms with van der Waals surface area (Å²) < 4.78 is 24.5. The van der Waals surface area contributed by atoms with Gasteiger partial charge in [0.1, 0.15) is 0 Å². The lowest BCUT2D eigenvalue weighted by molar-refractivity contribution is -0.117. The summed E-state index contributed by atoms with van der Waals surface area (Å²) in [5.41, 5.74) is 0.851. The number of fused-ring (bicyclic) bond motifs is 2. The summed E-state index contributed by atoms with van der Waals surface area (Å²) in [6.07, 6.45) is 0.319. The van der Waals surface area contributed by atoms with Gasteiger partial charge in [0.25, 0.3) is 0 Å². The second-order valence-corrected chi connectivity index (χ2v) is 8.50. The minimum Gasteiger partial charge on any atom is -0.284 e. The topological polar surface area (TPSA) is 67.3 Å². The van der Waals surface area contributed by atoms with Gasteiger partial charge >= 0.3 is 0 Å². The predicted octanol–water partition coefficient (Wildman–Crippen LogP) is 1.45. The zero-order valence-corrected chi connectivity index (χ0v) is 12.2. The molecule has 0 radical (unpaired) electrons. The number of para-hydroxylation sites is 1. The van der Waals surface area contributed by atoms with Crippen molar-refractivity contribution < 1.29 is 13.2 Å². The van der Waals surface area contributed by atoms with Gasteiger partial charge < -0.3 is 0 Å². The average Bonchev–Trinajstić information content (AvgIpc) is 2.97. The van der Waals surface area contributed by atoms with Crippen molar-refractivity contribution in [3.8, 4) is 0 Å². The fraction of sp³-hybridized carbons (Fsp3) is 0.385. The number of hydrogen-bond acceptors (Lipinski definition) is 5. The van der Waals surface area contributed by atoms with Gasteiger partial charge in [-0.05, 0) is 12.1 Å². The fourth-order valence-electron chi connectivity index (χ4n) is 3.10. The van der Waals surface area contributed by atoms with E-state index in [9.17, 15) is 13.2 Å². The number of rotatable bonds is 1. The molecule has 1 aromatic heterocycles. The molecular formula is C13H12N2O3S2. The molecule has 0 N–H and O–H groups in total. The van der Waals surface area contributed by atoms with Crippen LogP contribution in [0.3, 0.4) is 0 Å². The van der Waals surface area contributed by atoms with E-state index < -0.39 is 9.84 Å². The van der Waals surface area contributed by atoms with Crippen molar-refractivity contribution in [3.05, 3.63) is 24.3 Å². The Hall–Kier alpha value is -1.47. The van der Waals surface area contributed by atoms with Crippen molar-refractivity contribution in [1.82, 2.24) is 4.98 Å². The van der Waals surface area contributed by atoms with Crippen LogP contribution in [-0.2, 0) is 14.6 Å². The number of carbonyl (C=O) groups is 1. The molecule has 1 aromatic carbocycles. The standard InChI is InChI=1S/C13H12N2O3S2/c16-12-5-8-6-20(17,18)7-10(8)15(12)13-14-9-3-1-2-4-11(9)19-13/h1-4,8,10H,5-7H2/t8-,10+/m1/s1. The molecule has 0 bridgehead atoms. The molecule has 2 saturated heterocycles. The Bertz CT molecular complexity index is 779. The number of aromatic nitrogens is 1. The maximum atomic E-state index is 12.2. The molecule has 2 aromatic rings. The molecule has 2 aliphatic heterocycles. The molecular weight excluding hydrogens is 296 g/mol. The number of hydrogen-bond donors (Lipinski definition) is 0. The Balaban J connectivity index is 1.78. The van der Waals surface area contributed by atoms with Crippen molar-refractivity contribution in [2.45, 2.75) is 12.5 Å². The lowest BCUT2D eigenvalue weighted by Crippen LogP contribution is -2.36. The van der Waals surface area contributed by atoms with E-state index in [1.807, 2.05) is 24.3 Å². The number of benzene rings is 1. The van der Waals surface area contributed by atoms with Gasteiger partial charge in [0, 0.05) is 12.3 Å². The Morgan fingerprint density at radius 3 is 2.85 bits per heavy atom. The van der Waals surface area contributed by atoms with E-state index in [1.54, 1.807) is 4.90 Å². The zero-order valence-electron chi connectivity index (χ0n) is 10.5. The van der Waals surface area contributed by atoms with Crippen LogP contribution in [0, 0.1) is 5.92 Å². The van der Waals surface area contributed by atoms with E-state index in [4.69, 9.17) is 0 Å². The number of amides is 1. The summed E-state index contributed by atoms with van der Waals surface area (Å²) >= 11 is 1.45. The van der Waals surface area contributed by atoms with Crippen LogP contribution in [0.2, 0.25) is 0 Å². The molecule has 1 amide bonds. The molecule has 2 fully saturated rings. The van der Waals surface area contributed by atoms with Crippen molar-refractivity contribution in [1.29, 1.82) is 0 Å². The predicted molar refractivity (Wildman–Crippen MR) is 77.7 cm³/mol. The van der Waals surface area contributed by atoms with E-state index in [1.165, 1.54) is 11.3 Å². The highest BCUT2D eigenvalue weighted by molar-refractivity contribution is 7.91. The van der Waals surface area contributed by atoms with E-state index in [2.05, 4.69) is 4.98 Å². The summed E-state index contributed by atoms with van der Waals surface area (Å²) in [6.45, 7) is 0. The average molecular weight is 308 g/mol. The Kier molecular flexibility index (Phi) is 2.47. The third kappa shape index (κ3) is 1.76. The van der Waals surface area contributed by atoms with E-state index >= 15 is 0 Å². The fourth-order valence-corrected chi connectivity index (χ4v) is 6.21. The van der Waals surface area contributed by atoms with E-state index in [0.717, 1.165) is 10.2 Å². The highest BCUT2D eigenvalue weighted by atomic mass is 32.2. The van der Waals surface area contributed by atoms with Crippen LogP contribution in [0.1, 0.15) is 6.42 Å².